The van der Waals surface area contributed by atoms with E-state index in [1.54, 1.807) is 0 Å². The van der Waals surface area contributed by atoms with Gasteiger partial charge in [-0.3, -0.25) is 14.1 Å². The van der Waals surface area contributed by atoms with Crippen LogP contribution in [0, 0.1) is 0 Å². The monoisotopic (exact) mass is 733 g/mol. The van der Waals surface area contributed by atoms with Gasteiger partial charge in [-0.2, -0.15) is 0 Å². The predicted octanol–water partition coefficient (Wildman–Crippen LogP) is 12.9. The van der Waals surface area contributed by atoms with Crippen LogP contribution in [0.5, 0.6) is 0 Å². The lowest BCUT2D eigenvalue weighted by molar-refractivity contribution is -0.161. The number of unbranched alkanes of at least 4 members (excludes halogenated alkanes) is 30. The van der Waals surface area contributed by atoms with E-state index in [-0.39, 0.29) is 19.4 Å². The second-order valence-electron chi connectivity index (χ2n) is 14.7. The molecule has 2 N–H and O–H groups in total. The third-order valence-corrected chi connectivity index (χ3v) is 10.1. The van der Waals surface area contributed by atoms with Crippen LogP contribution in [0.1, 0.15) is 232 Å². The van der Waals surface area contributed by atoms with Crippen molar-refractivity contribution in [1.82, 2.24) is 0 Å². The first-order valence-corrected chi connectivity index (χ1v) is 22.9. The summed E-state index contributed by atoms with van der Waals surface area (Å²) in [5.74, 6) is -0.869. The number of hydrogen-bond acceptors (Lipinski definition) is 6. The summed E-state index contributed by atoms with van der Waals surface area (Å²) in [6.45, 7) is 3.70. The zero-order valence-corrected chi connectivity index (χ0v) is 33.7. The van der Waals surface area contributed by atoms with Crippen LogP contribution in [0.15, 0.2) is 0 Å². The average Bonchev–Trinajstić information content (AvgIpc) is 3.08. The summed E-state index contributed by atoms with van der Waals surface area (Å²) in [5, 5.41) is 0. The molecule has 0 aliphatic rings. The number of carbonyl (C=O) groups is 2. The third kappa shape index (κ3) is 39.8. The number of esters is 2. The molecule has 298 valence electrons. The minimum absolute atomic E-state index is 0.219. The first-order valence-electron chi connectivity index (χ1n) is 21.3. The van der Waals surface area contributed by atoms with Gasteiger partial charge in [0.1, 0.15) is 6.61 Å². The fraction of sp³-hybridized carbons (Fsp3) is 0.951. The van der Waals surface area contributed by atoms with Crippen LogP contribution in [0.3, 0.4) is 0 Å². The maximum atomic E-state index is 12.3. The van der Waals surface area contributed by atoms with Crippen molar-refractivity contribution in [2.24, 2.45) is 0 Å². The molecule has 50 heavy (non-hydrogen) atoms. The normalized spacial score (nSPS) is 12.3. The van der Waals surface area contributed by atoms with E-state index in [9.17, 15) is 14.2 Å². The van der Waals surface area contributed by atoms with Crippen molar-refractivity contribution in [2.75, 3.05) is 13.2 Å². The van der Waals surface area contributed by atoms with Gasteiger partial charge in [-0.25, -0.2) is 4.57 Å². The summed E-state index contributed by atoms with van der Waals surface area (Å²) >= 11 is 0. The smallest absolute Gasteiger partial charge is 0.462 e. The van der Waals surface area contributed by atoms with E-state index in [2.05, 4.69) is 18.4 Å². The van der Waals surface area contributed by atoms with Gasteiger partial charge in [-0.05, 0) is 12.8 Å². The van der Waals surface area contributed by atoms with Gasteiger partial charge in [-0.15, -0.1) is 0 Å². The Balaban J connectivity index is 3.78. The molecular weight excluding hydrogens is 651 g/mol. The molecule has 1 atom stereocenters. The highest BCUT2D eigenvalue weighted by molar-refractivity contribution is 7.46. The largest absolute Gasteiger partial charge is 0.469 e. The number of phosphoric ester groups is 1. The second kappa shape index (κ2) is 37.8. The Morgan fingerprint density at radius 1 is 0.440 bits per heavy atom. The lowest BCUT2D eigenvalue weighted by atomic mass is 10.0. The van der Waals surface area contributed by atoms with E-state index < -0.39 is 32.5 Å². The highest BCUT2D eigenvalue weighted by atomic mass is 31.2. The van der Waals surface area contributed by atoms with Gasteiger partial charge in [0.2, 0.25) is 0 Å². The van der Waals surface area contributed by atoms with Crippen LogP contribution in [0.4, 0.5) is 0 Å². The van der Waals surface area contributed by atoms with Gasteiger partial charge in [0.25, 0.3) is 0 Å². The molecule has 0 aromatic carbocycles. The lowest BCUT2D eigenvalue weighted by Gasteiger charge is -2.18. The summed E-state index contributed by atoms with van der Waals surface area (Å²) in [5.41, 5.74) is 0. The Kier molecular flexibility index (Phi) is 37.1. The third-order valence-electron chi connectivity index (χ3n) is 9.63. The minimum atomic E-state index is -4.74. The topological polar surface area (TPSA) is 119 Å². The van der Waals surface area contributed by atoms with Crippen LogP contribution >= 0.6 is 7.82 Å². The van der Waals surface area contributed by atoms with Crippen molar-refractivity contribution in [3.8, 4) is 0 Å². The summed E-state index contributed by atoms with van der Waals surface area (Å²) < 4.78 is 26.4. The van der Waals surface area contributed by atoms with Crippen molar-refractivity contribution >= 4 is 19.8 Å². The van der Waals surface area contributed by atoms with Gasteiger partial charge in [-0.1, -0.05) is 206 Å². The molecule has 9 heteroatoms. The summed E-state index contributed by atoms with van der Waals surface area (Å²) in [6, 6.07) is 0. The van der Waals surface area contributed by atoms with E-state index in [0.29, 0.717) is 6.42 Å². The van der Waals surface area contributed by atoms with E-state index in [0.717, 1.165) is 38.5 Å². The summed E-state index contributed by atoms with van der Waals surface area (Å²) in [6.07, 6.45) is 39.8. The van der Waals surface area contributed by atoms with Crippen molar-refractivity contribution in [3.63, 3.8) is 0 Å². The van der Waals surface area contributed by atoms with Crippen LogP contribution in [0.2, 0.25) is 0 Å². The lowest BCUT2D eigenvalue weighted by Crippen LogP contribution is -2.29. The number of rotatable bonds is 40. The Morgan fingerprint density at radius 3 is 1.02 bits per heavy atom. The van der Waals surface area contributed by atoms with E-state index in [1.807, 2.05) is 0 Å². The van der Waals surface area contributed by atoms with Gasteiger partial charge in [0.05, 0.1) is 6.61 Å². The van der Waals surface area contributed by atoms with Crippen LogP contribution < -0.4 is 0 Å². The molecule has 0 heterocycles. The van der Waals surface area contributed by atoms with Gasteiger partial charge in [0.15, 0.2) is 6.10 Å². The molecule has 0 aliphatic carbocycles. The van der Waals surface area contributed by atoms with Crippen molar-refractivity contribution < 1.29 is 37.9 Å². The fourth-order valence-electron chi connectivity index (χ4n) is 6.43. The van der Waals surface area contributed by atoms with Crippen LogP contribution in [-0.4, -0.2) is 41.0 Å². The molecule has 0 fully saturated rings. The predicted molar refractivity (Wildman–Crippen MR) is 207 cm³/mol. The maximum absolute atomic E-state index is 12.3. The SMILES string of the molecule is CCCCCCCCCCCCCCCCCCCCCCCC(=O)OC[C@H](COP(=O)(O)O)OC(=O)CCCCCCCCCCCCC. The van der Waals surface area contributed by atoms with Gasteiger partial charge >= 0.3 is 19.8 Å². The molecule has 0 radical (unpaired) electrons. The molecule has 0 aliphatic heterocycles. The van der Waals surface area contributed by atoms with Crippen molar-refractivity contribution in [1.29, 1.82) is 0 Å². The highest BCUT2D eigenvalue weighted by Gasteiger charge is 2.22. The highest BCUT2D eigenvalue weighted by Crippen LogP contribution is 2.36. The first kappa shape index (κ1) is 49.0. The number of carbonyl (C=O) groups excluding carboxylic acids is 2. The number of phosphoric acid groups is 1. The summed E-state index contributed by atoms with van der Waals surface area (Å²) in [7, 11) is -4.74. The molecule has 0 rings (SSSR count). The van der Waals surface area contributed by atoms with Gasteiger partial charge < -0.3 is 19.3 Å². The molecule has 0 aromatic heterocycles. The van der Waals surface area contributed by atoms with Gasteiger partial charge in [0, 0.05) is 12.8 Å². The van der Waals surface area contributed by atoms with Crippen molar-refractivity contribution in [2.45, 2.75) is 238 Å². The molecule has 0 spiro atoms. The maximum Gasteiger partial charge on any atom is 0.469 e. The summed E-state index contributed by atoms with van der Waals surface area (Å²) in [4.78, 5) is 42.7. The Morgan fingerprint density at radius 2 is 0.720 bits per heavy atom. The fourth-order valence-corrected chi connectivity index (χ4v) is 6.79. The quantitative estimate of drug-likeness (QED) is 0.0363. The Hall–Kier alpha value is -0.950. The van der Waals surface area contributed by atoms with Crippen LogP contribution in [0.25, 0.3) is 0 Å². The Labute approximate surface area is 308 Å². The molecule has 0 saturated heterocycles. The molecule has 0 amide bonds. The first-order chi connectivity index (χ1) is 24.3. The standard InChI is InChI=1S/C41H81O8P/c1-3-5-7-9-11-13-15-16-17-18-19-20-21-22-23-24-26-27-29-31-33-35-40(42)47-37-39(38-48-50(44,45)46)49-41(43)36-34-32-30-28-25-14-12-10-8-6-4-2/h39H,3-38H2,1-2H3,(H2,44,45,46)/t39-/m1/s1. The van der Waals surface area contributed by atoms with E-state index in [1.165, 1.54) is 161 Å². The molecular formula is C41H81O8P. The zero-order valence-electron chi connectivity index (χ0n) is 32.8. The minimum Gasteiger partial charge on any atom is -0.462 e. The second-order valence-corrected chi connectivity index (χ2v) is 15.9. The molecule has 0 saturated carbocycles. The number of hydrogen-bond donors (Lipinski definition) is 2. The molecule has 0 unspecified atom stereocenters. The molecule has 0 bridgehead atoms. The molecule has 0 aromatic rings. The van der Waals surface area contributed by atoms with Crippen molar-refractivity contribution in [3.05, 3.63) is 0 Å². The number of ether oxygens (including phenoxy) is 2. The van der Waals surface area contributed by atoms with Crippen LogP contribution in [-0.2, 0) is 28.2 Å². The molecule has 8 nitrogen and oxygen atoms in total. The Bertz CT molecular complexity index is 787. The van der Waals surface area contributed by atoms with E-state index in [4.69, 9.17) is 19.3 Å². The van der Waals surface area contributed by atoms with E-state index >= 15 is 0 Å². The average molecular weight is 733 g/mol. The zero-order chi connectivity index (χ0) is 36.8.